The van der Waals surface area contributed by atoms with Gasteiger partial charge in [-0.3, -0.25) is 0 Å². The van der Waals surface area contributed by atoms with Gasteiger partial charge in [0.15, 0.2) is 0 Å². The predicted molar refractivity (Wildman–Crippen MR) is 83.6 cm³/mol. The molecule has 0 bridgehead atoms. The molecule has 2 rings (SSSR count). The van der Waals surface area contributed by atoms with E-state index in [-0.39, 0.29) is 17.4 Å². The third-order valence-corrected chi connectivity index (χ3v) is 6.50. The van der Waals surface area contributed by atoms with Gasteiger partial charge in [-0.25, -0.2) is 13.1 Å². The van der Waals surface area contributed by atoms with Gasteiger partial charge in [-0.05, 0) is 51.6 Å². The molecule has 1 aromatic heterocycles. The first-order valence-corrected chi connectivity index (χ1v) is 8.85. The van der Waals surface area contributed by atoms with Crippen LogP contribution in [0.4, 0.5) is 5.69 Å². The summed E-state index contributed by atoms with van der Waals surface area (Å²) in [5, 5.41) is 1.71. The molecule has 2 aromatic rings. The summed E-state index contributed by atoms with van der Waals surface area (Å²) in [6, 6.07) is 8.62. The summed E-state index contributed by atoms with van der Waals surface area (Å²) in [6.07, 6.45) is 0. The molecule has 0 saturated carbocycles. The van der Waals surface area contributed by atoms with E-state index in [1.165, 1.54) is 0 Å². The molecule has 5 nitrogen and oxygen atoms in total. The average Bonchev–Trinajstić information content (AvgIpc) is 2.84. The highest BCUT2D eigenvalue weighted by atomic mass is 79.9. The van der Waals surface area contributed by atoms with E-state index < -0.39 is 10.0 Å². The van der Waals surface area contributed by atoms with E-state index in [4.69, 9.17) is 10.5 Å². The number of halogens is 1. The Balaban J connectivity index is 1.84. The van der Waals surface area contributed by atoms with Crippen molar-refractivity contribution in [1.82, 2.24) is 4.72 Å². The fourth-order valence-electron chi connectivity index (χ4n) is 1.45. The van der Waals surface area contributed by atoms with Crippen LogP contribution in [0.1, 0.15) is 0 Å². The van der Waals surface area contributed by atoms with E-state index in [1.54, 1.807) is 35.7 Å². The number of hydrogen-bond donors (Lipinski definition) is 2. The summed E-state index contributed by atoms with van der Waals surface area (Å²) in [4.78, 5) is 0. The van der Waals surface area contributed by atoms with Crippen LogP contribution >= 0.6 is 27.3 Å². The maximum absolute atomic E-state index is 12.0. The topological polar surface area (TPSA) is 81.4 Å². The molecule has 0 aliphatic rings. The zero-order valence-electron chi connectivity index (χ0n) is 10.4. The Labute approximate surface area is 129 Å². The number of benzene rings is 1. The molecule has 3 N–H and O–H groups in total. The Bertz CT molecular complexity index is 668. The van der Waals surface area contributed by atoms with Crippen molar-refractivity contribution in [2.75, 3.05) is 18.9 Å². The third kappa shape index (κ3) is 3.95. The van der Waals surface area contributed by atoms with E-state index in [2.05, 4.69) is 20.7 Å². The van der Waals surface area contributed by atoms with Gasteiger partial charge in [-0.2, -0.15) is 0 Å². The van der Waals surface area contributed by atoms with E-state index in [9.17, 15) is 8.42 Å². The monoisotopic (exact) mass is 376 g/mol. The summed E-state index contributed by atoms with van der Waals surface area (Å²) in [5.74, 6) is 0.649. The first kappa shape index (κ1) is 15.3. The zero-order valence-corrected chi connectivity index (χ0v) is 13.6. The normalized spacial score (nSPS) is 11.4. The van der Waals surface area contributed by atoms with Crippen molar-refractivity contribution in [1.29, 1.82) is 0 Å². The van der Waals surface area contributed by atoms with E-state index in [1.807, 2.05) is 0 Å². The Kier molecular flexibility index (Phi) is 5.03. The van der Waals surface area contributed by atoms with Crippen molar-refractivity contribution >= 4 is 43.0 Å². The lowest BCUT2D eigenvalue weighted by Gasteiger charge is -2.08. The molecule has 0 aliphatic carbocycles. The van der Waals surface area contributed by atoms with Crippen LogP contribution < -0.4 is 15.2 Å². The van der Waals surface area contributed by atoms with Gasteiger partial charge in [0.2, 0.25) is 0 Å². The van der Waals surface area contributed by atoms with Crippen LogP contribution in [0, 0.1) is 0 Å². The average molecular weight is 377 g/mol. The largest absolute Gasteiger partial charge is 0.492 e. The molecular weight excluding hydrogens is 364 g/mol. The van der Waals surface area contributed by atoms with Crippen LogP contribution in [0.25, 0.3) is 0 Å². The van der Waals surface area contributed by atoms with Gasteiger partial charge in [0.05, 0.1) is 0 Å². The van der Waals surface area contributed by atoms with E-state index in [0.29, 0.717) is 15.9 Å². The Hall–Kier alpha value is -1.09. The minimum atomic E-state index is -3.49. The molecule has 108 valence electrons. The molecule has 0 radical (unpaired) electrons. The lowest BCUT2D eigenvalue weighted by atomic mass is 10.3. The maximum Gasteiger partial charge on any atom is 0.251 e. The fraction of sp³-hybridized carbons (Fsp3) is 0.167. The Morgan fingerprint density at radius 1 is 1.25 bits per heavy atom. The fourth-order valence-corrected chi connectivity index (χ4v) is 4.84. The van der Waals surface area contributed by atoms with Gasteiger partial charge in [0.25, 0.3) is 10.0 Å². The molecule has 0 unspecified atom stereocenters. The molecule has 0 spiro atoms. The SMILES string of the molecule is Nc1ccc(OCCNS(=O)(=O)c2sccc2Br)cc1. The molecule has 1 aromatic carbocycles. The number of hydrogen-bond acceptors (Lipinski definition) is 5. The Morgan fingerprint density at radius 3 is 2.55 bits per heavy atom. The highest BCUT2D eigenvalue weighted by molar-refractivity contribution is 9.10. The quantitative estimate of drug-likeness (QED) is 0.599. The Morgan fingerprint density at radius 2 is 1.95 bits per heavy atom. The minimum absolute atomic E-state index is 0.192. The zero-order chi connectivity index (χ0) is 14.6. The number of ether oxygens (including phenoxy) is 1. The number of nitrogens with two attached hydrogens (primary N) is 1. The number of nitrogens with one attached hydrogen (secondary N) is 1. The van der Waals surface area contributed by atoms with Gasteiger partial charge in [-0.15, -0.1) is 11.3 Å². The van der Waals surface area contributed by atoms with E-state index >= 15 is 0 Å². The van der Waals surface area contributed by atoms with Crippen LogP contribution in [0.2, 0.25) is 0 Å². The molecule has 0 fully saturated rings. The summed E-state index contributed by atoms with van der Waals surface area (Å²) < 4.78 is 32.7. The molecule has 20 heavy (non-hydrogen) atoms. The highest BCUT2D eigenvalue weighted by Gasteiger charge is 2.18. The standard InChI is InChI=1S/C12H13BrN2O3S2/c13-11-5-8-19-12(11)20(16,17)15-6-7-18-10-3-1-9(14)2-4-10/h1-5,8,15H,6-7,14H2. The first-order chi connectivity index (χ1) is 9.49. The molecule has 1 heterocycles. The summed E-state index contributed by atoms with van der Waals surface area (Å²) in [7, 11) is -3.49. The summed E-state index contributed by atoms with van der Waals surface area (Å²) >= 11 is 4.36. The maximum atomic E-state index is 12.0. The van der Waals surface area contributed by atoms with Crippen LogP contribution in [0.5, 0.6) is 5.75 Å². The number of sulfonamides is 1. The molecule has 0 atom stereocenters. The second-order valence-electron chi connectivity index (χ2n) is 3.87. The van der Waals surface area contributed by atoms with Gasteiger partial charge in [0, 0.05) is 16.7 Å². The summed E-state index contributed by atoms with van der Waals surface area (Å²) in [6.45, 7) is 0.434. The van der Waals surface area contributed by atoms with Crippen LogP contribution in [0.15, 0.2) is 44.4 Å². The van der Waals surface area contributed by atoms with Gasteiger partial charge in [0.1, 0.15) is 16.6 Å². The van der Waals surface area contributed by atoms with Gasteiger partial charge < -0.3 is 10.5 Å². The highest BCUT2D eigenvalue weighted by Crippen LogP contribution is 2.27. The molecule has 0 saturated heterocycles. The summed E-state index contributed by atoms with van der Waals surface area (Å²) in [5.41, 5.74) is 6.21. The van der Waals surface area contributed by atoms with Crippen molar-refractivity contribution in [2.45, 2.75) is 4.21 Å². The first-order valence-electron chi connectivity index (χ1n) is 5.70. The second kappa shape index (κ2) is 6.57. The molecule has 8 heteroatoms. The van der Waals surface area contributed by atoms with Gasteiger partial charge in [-0.1, -0.05) is 0 Å². The molecule has 0 aliphatic heterocycles. The van der Waals surface area contributed by atoms with Crippen LogP contribution in [0.3, 0.4) is 0 Å². The van der Waals surface area contributed by atoms with Crippen molar-refractivity contribution in [3.63, 3.8) is 0 Å². The van der Waals surface area contributed by atoms with Crippen molar-refractivity contribution in [2.24, 2.45) is 0 Å². The molecular formula is C12H13BrN2O3S2. The predicted octanol–water partition coefficient (Wildman–Crippen LogP) is 2.45. The van der Waals surface area contributed by atoms with Crippen LogP contribution in [-0.4, -0.2) is 21.6 Å². The van der Waals surface area contributed by atoms with Gasteiger partial charge >= 0.3 is 0 Å². The number of anilines is 1. The number of rotatable bonds is 6. The lowest BCUT2D eigenvalue weighted by molar-refractivity contribution is 0.323. The minimum Gasteiger partial charge on any atom is -0.492 e. The molecule has 0 amide bonds. The lowest BCUT2D eigenvalue weighted by Crippen LogP contribution is -2.27. The number of nitrogen functional groups attached to an aromatic ring is 1. The smallest absolute Gasteiger partial charge is 0.251 e. The van der Waals surface area contributed by atoms with Crippen molar-refractivity contribution < 1.29 is 13.2 Å². The second-order valence-corrected chi connectivity index (χ2v) is 7.60. The van der Waals surface area contributed by atoms with Crippen LogP contribution in [-0.2, 0) is 10.0 Å². The van der Waals surface area contributed by atoms with Crippen molar-refractivity contribution in [3.05, 3.63) is 40.2 Å². The number of thiophene rings is 1. The van der Waals surface area contributed by atoms with Crippen molar-refractivity contribution in [3.8, 4) is 5.75 Å². The third-order valence-electron chi connectivity index (χ3n) is 2.37. The van der Waals surface area contributed by atoms with E-state index in [0.717, 1.165) is 11.3 Å².